The van der Waals surface area contributed by atoms with Gasteiger partial charge in [0.15, 0.2) is 5.82 Å². The fraction of sp³-hybridized carbons (Fsp3) is 0.100. The first kappa shape index (κ1) is 11.7. The van der Waals surface area contributed by atoms with Crippen LogP contribution in [0.1, 0.15) is 26.5 Å². The van der Waals surface area contributed by atoms with E-state index in [1.54, 1.807) is 0 Å². The first-order valence-electron chi connectivity index (χ1n) is 5.00. The molecule has 0 atom stereocenters. The summed E-state index contributed by atoms with van der Waals surface area (Å²) in [7, 11) is 0. The summed E-state index contributed by atoms with van der Waals surface area (Å²) in [5.41, 5.74) is 0.320. The molecule has 1 aromatic carbocycles. The Morgan fingerprint density at radius 1 is 1.33 bits per heavy atom. The molecule has 8 nitrogen and oxygen atoms in total. The van der Waals surface area contributed by atoms with Gasteiger partial charge in [0, 0.05) is 5.56 Å². The standard InChI is InChI=1S/C10H9N5O3/c16-9(11-5-8-12-14-15-13-8)6-2-1-3-7(4-6)10(17)18/h1-4H,5H2,(H,11,16)(H,17,18)(H,12,13,14,15). The maximum Gasteiger partial charge on any atom is 0.335 e. The van der Waals surface area contributed by atoms with E-state index < -0.39 is 11.9 Å². The van der Waals surface area contributed by atoms with Crippen LogP contribution in [0.2, 0.25) is 0 Å². The molecule has 1 heterocycles. The van der Waals surface area contributed by atoms with Crippen LogP contribution in [-0.2, 0) is 6.54 Å². The maximum atomic E-state index is 11.7. The lowest BCUT2D eigenvalue weighted by Gasteiger charge is -2.03. The molecule has 0 radical (unpaired) electrons. The van der Waals surface area contributed by atoms with Crippen molar-refractivity contribution in [1.82, 2.24) is 25.9 Å². The van der Waals surface area contributed by atoms with Gasteiger partial charge in [0.1, 0.15) is 0 Å². The Hall–Kier alpha value is -2.77. The number of aromatic nitrogens is 4. The molecule has 0 aliphatic rings. The Morgan fingerprint density at radius 2 is 2.11 bits per heavy atom. The zero-order chi connectivity index (χ0) is 13.0. The molecule has 8 heteroatoms. The van der Waals surface area contributed by atoms with Crippen molar-refractivity contribution in [3.63, 3.8) is 0 Å². The average Bonchev–Trinajstić information content (AvgIpc) is 2.89. The summed E-state index contributed by atoms with van der Waals surface area (Å²) in [5.74, 6) is -1.14. The molecular formula is C10H9N5O3. The highest BCUT2D eigenvalue weighted by Crippen LogP contribution is 2.05. The lowest BCUT2D eigenvalue weighted by atomic mass is 10.1. The third-order valence-corrected chi connectivity index (χ3v) is 2.17. The number of rotatable bonds is 4. The number of carboxylic acids is 1. The molecule has 0 saturated heterocycles. The molecule has 3 N–H and O–H groups in total. The molecule has 2 aromatic rings. The third-order valence-electron chi connectivity index (χ3n) is 2.17. The van der Waals surface area contributed by atoms with E-state index >= 15 is 0 Å². The van der Waals surface area contributed by atoms with Crippen molar-refractivity contribution >= 4 is 11.9 Å². The number of tetrazole rings is 1. The van der Waals surface area contributed by atoms with Crippen molar-refractivity contribution < 1.29 is 14.7 Å². The highest BCUT2D eigenvalue weighted by molar-refractivity contribution is 5.97. The minimum absolute atomic E-state index is 0.0576. The normalized spacial score (nSPS) is 10.0. The van der Waals surface area contributed by atoms with Crippen LogP contribution in [0.5, 0.6) is 0 Å². The smallest absolute Gasteiger partial charge is 0.335 e. The number of carboxylic acid groups (broad SMARTS) is 1. The molecule has 1 amide bonds. The Labute approximate surface area is 101 Å². The summed E-state index contributed by atoms with van der Waals surface area (Å²) in [6.45, 7) is 0.118. The van der Waals surface area contributed by atoms with Crippen molar-refractivity contribution in [3.05, 3.63) is 41.2 Å². The number of H-pyrrole nitrogens is 1. The summed E-state index contributed by atoms with van der Waals surface area (Å²) in [6.07, 6.45) is 0. The maximum absolute atomic E-state index is 11.7. The van der Waals surface area contributed by atoms with Crippen LogP contribution in [0, 0.1) is 0 Å². The van der Waals surface area contributed by atoms with Crippen molar-refractivity contribution in [2.45, 2.75) is 6.54 Å². The van der Waals surface area contributed by atoms with Crippen LogP contribution < -0.4 is 5.32 Å². The number of hydrogen-bond donors (Lipinski definition) is 3. The molecule has 0 bridgehead atoms. The van der Waals surface area contributed by atoms with E-state index in [9.17, 15) is 9.59 Å². The van der Waals surface area contributed by atoms with E-state index in [1.807, 2.05) is 0 Å². The van der Waals surface area contributed by atoms with Crippen LogP contribution in [-0.4, -0.2) is 37.6 Å². The Bertz CT molecular complexity index is 567. The number of benzene rings is 1. The van der Waals surface area contributed by atoms with Crippen molar-refractivity contribution in [2.75, 3.05) is 0 Å². The molecule has 0 aliphatic carbocycles. The minimum Gasteiger partial charge on any atom is -0.478 e. The fourth-order valence-electron chi connectivity index (χ4n) is 1.31. The van der Waals surface area contributed by atoms with E-state index in [-0.39, 0.29) is 17.7 Å². The predicted molar refractivity (Wildman–Crippen MR) is 58.7 cm³/mol. The summed E-state index contributed by atoms with van der Waals surface area (Å²) in [5, 5.41) is 24.3. The van der Waals surface area contributed by atoms with Crippen LogP contribution in [0.4, 0.5) is 0 Å². The number of carbonyl (C=O) groups is 2. The van der Waals surface area contributed by atoms with E-state index in [0.717, 1.165) is 0 Å². The molecule has 0 unspecified atom stereocenters. The largest absolute Gasteiger partial charge is 0.478 e. The van der Waals surface area contributed by atoms with Crippen LogP contribution in [0.25, 0.3) is 0 Å². The summed E-state index contributed by atoms with van der Waals surface area (Å²) in [6, 6.07) is 5.75. The first-order chi connectivity index (χ1) is 8.66. The Morgan fingerprint density at radius 3 is 2.78 bits per heavy atom. The number of aromatic amines is 1. The minimum atomic E-state index is -1.08. The first-order valence-corrected chi connectivity index (χ1v) is 5.00. The number of amides is 1. The summed E-state index contributed by atoms with van der Waals surface area (Å²) >= 11 is 0. The predicted octanol–water partition coefficient (Wildman–Crippen LogP) is -0.172. The van der Waals surface area contributed by atoms with Gasteiger partial charge in [-0.1, -0.05) is 11.3 Å². The molecular weight excluding hydrogens is 238 g/mol. The monoisotopic (exact) mass is 247 g/mol. The van der Waals surface area contributed by atoms with Gasteiger partial charge >= 0.3 is 5.97 Å². The number of aromatic carboxylic acids is 1. The Balaban J connectivity index is 2.04. The van der Waals surface area contributed by atoms with Gasteiger partial charge in [-0.3, -0.25) is 4.79 Å². The molecule has 0 fully saturated rings. The van der Waals surface area contributed by atoms with Crippen LogP contribution >= 0.6 is 0 Å². The van der Waals surface area contributed by atoms with Gasteiger partial charge in [0.25, 0.3) is 5.91 Å². The second-order valence-corrected chi connectivity index (χ2v) is 3.40. The molecule has 0 aliphatic heterocycles. The molecule has 2 rings (SSSR count). The van der Waals surface area contributed by atoms with Gasteiger partial charge in [-0.05, 0) is 18.2 Å². The van der Waals surface area contributed by atoms with E-state index in [1.165, 1.54) is 24.3 Å². The Kier molecular flexibility index (Phi) is 3.28. The third kappa shape index (κ3) is 2.67. The van der Waals surface area contributed by atoms with Crippen molar-refractivity contribution in [2.24, 2.45) is 0 Å². The fourth-order valence-corrected chi connectivity index (χ4v) is 1.31. The summed E-state index contributed by atoms with van der Waals surface area (Å²) in [4.78, 5) is 22.5. The van der Waals surface area contributed by atoms with Gasteiger partial charge in [-0.2, -0.15) is 5.21 Å². The van der Waals surface area contributed by atoms with E-state index in [2.05, 4.69) is 25.9 Å². The molecule has 92 valence electrons. The topological polar surface area (TPSA) is 121 Å². The van der Waals surface area contributed by atoms with Gasteiger partial charge < -0.3 is 10.4 Å². The lowest BCUT2D eigenvalue weighted by molar-refractivity contribution is 0.0697. The zero-order valence-electron chi connectivity index (χ0n) is 9.12. The number of nitrogens with zero attached hydrogens (tertiary/aromatic N) is 3. The SMILES string of the molecule is O=C(O)c1cccc(C(=O)NCc2nn[nH]n2)c1. The number of carbonyl (C=O) groups excluding carboxylic acids is 1. The quantitative estimate of drug-likeness (QED) is 0.689. The average molecular weight is 247 g/mol. The molecule has 18 heavy (non-hydrogen) atoms. The van der Waals surface area contributed by atoms with E-state index in [4.69, 9.17) is 5.11 Å². The second-order valence-electron chi connectivity index (χ2n) is 3.40. The van der Waals surface area contributed by atoms with E-state index in [0.29, 0.717) is 5.82 Å². The van der Waals surface area contributed by atoms with Crippen LogP contribution in [0.15, 0.2) is 24.3 Å². The lowest BCUT2D eigenvalue weighted by Crippen LogP contribution is -2.23. The summed E-state index contributed by atoms with van der Waals surface area (Å²) < 4.78 is 0. The van der Waals surface area contributed by atoms with Crippen molar-refractivity contribution in [1.29, 1.82) is 0 Å². The molecule has 0 spiro atoms. The number of hydrogen-bond acceptors (Lipinski definition) is 5. The van der Waals surface area contributed by atoms with Crippen molar-refractivity contribution in [3.8, 4) is 0 Å². The highest BCUT2D eigenvalue weighted by atomic mass is 16.4. The second kappa shape index (κ2) is 5.04. The zero-order valence-corrected chi connectivity index (χ0v) is 9.12. The van der Waals surface area contributed by atoms with Gasteiger partial charge in [0.05, 0.1) is 12.1 Å². The molecule has 0 saturated carbocycles. The van der Waals surface area contributed by atoms with Crippen LogP contribution in [0.3, 0.4) is 0 Å². The van der Waals surface area contributed by atoms with Gasteiger partial charge in [-0.15, -0.1) is 10.2 Å². The van der Waals surface area contributed by atoms with Gasteiger partial charge in [-0.25, -0.2) is 4.79 Å². The highest BCUT2D eigenvalue weighted by Gasteiger charge is 2.09. The number of nitrogens with one attached hydrogen (secondary N) is 2. The molecule has 1 aromatic heterocycles. The van der Waals surface area contributed by atoms with Gasteiger partial charge in [0.2, 0.25) is 0 Å².